The smallest absolute Gasteiger partial charge is 0.102 e. The summed E-state index contributed by atoms with van der Waals surface area (Å²) in [6.45, 7) is 0. The van der Waals surface area contributed by atoms with E-state index in [1.165, 1.54) is 0 Å². The van der Waals surface area contributed by atoms with Gasteiger partial charge in [0.2, 0.25) is 0 Å². The number of hydrogen-bond donors (Lipinski definition) is 0. The number of anilines is 6. The van der Waals surface area contributed by atoms with Gasteiger partial charge >= 0.3 is 0 Å². The van der Waals surface area contributed by atoms with E-state index in [0.717, 1.165) is 133 Å². The van der Waals surface area contributed by atoms with Crippen molar-refractivity contribution in [1.29, 1.82) is 10.5 Å². The van der Waals surface area contributed by atoms with E-state index >= 15 is 0 Å². The van der Waals surface area contributed by atoms with Gasteiger partial charge in [0.05, 0.1) is 44.6 Å². The van der Waals surface area contributed by atoms with E-state index in [0.29, 0.717) is 33.6 Å². The van der Waals surface area contributed by atoms with Gasteiger partial charge in [0.25, 0.3) is 0 Å². The highest BCUT2D eigenvalue weighted by atomic mass is 15.1. The largest absolute Gasteiger partial charge is 0.311 e. The van der Waals surface area contributed by atoms with Crippen molar-refractivity contribution < 1.29 is 0 Å². The number of benzene rings is 15. The molecule has 0 atom stereocenters. The first-order valence-electron chi connectivity index (χ1n) is 33.0. The molecule has 6 heteroatoms. The molecule has 2 heterocycles. The van der Waals surface area contributed by atoms with Crippen LogP contribution in [0, 0.1) is 22.7 Å². The molecule has 0 unspecified atom stereocenters. The Labute approximate surface area is 569 Å². The van der Waals surface area contributed by atoms with Gasteiger partial charge in [-0.3, -0.25) is 0 Å². The molecule has 0 spiro atoms. The average molecular weight is 1250 g/mol. The minimum Gasteiger partial charge on any atom is -0.311 e. The SMILES string of the molecule is N#Cc1c(-c2ccc(N(c3ccccc3)c3ccccc3)cc2)c(-n2c3ccc(-c4ccccc4)cc3c3cc(-c4ccccc4)ccc32)c(C#N)c(-c2ccc(N(c3ccccc3)c3ccccc3)cc2)c1-n1c2ccc(-c3ccccc3)cc2c2cc(-c3ccccc3)ccc21. The molecule has 98 heavy (non-hydrogen) atoms. The van der Waals surface area contributed by atoms with Crippen LogP contribution in [-0.2, 0) is 0 Å². The molecule has 0 fully saturated rings. The van der Waals surface area contributed by atoms with Gasteiger partial charge < -0.3 is 18.9 Å². The number of para-hydroxylation sites is 4. The molecule has 17 aromatic rings. The van der Waals surface area contributed by atoms with Gasteiger partial charge in [-0.1, -0.05) is 243 Å². The Hall–Kier alpha value is -13.5. The molecule has 15 aromatic carbocycles. The first-order valence-corrected chi connectivity index (χ1v) is 33.0. The van der Waals surface area contributed by atoms with E-state index < -0.39 is 0 Å². The third-order valence-electron chi connectivity index (χ3n) is 19.0. The summed E-state index contributed by atoms with van der Waals surface area (Å²) in [6, 6.07) is 133. The van der Waals surface area contributed by atoms with Crippen molar-refractivity contribution in [3.8, 4) is 90.3 Å². The zero-order chi connectivity index (χ0) is 65.5. The van der Waals surface area contributed by atoms with Gasteiger partial charge in [-0.2, -0.15) is 10.5 Å². The Morgan fingerprint density at radius 2 is 0.408 bits per heavy atom. The van der Waals surface area contributed by atoms with Crippen LogP contribution >= 0.6 is 0 Å². The van der Waals surface area contributed by atoms with Gasteiger partial charge in [-0.25, -0.2) is 0 Å². The molecule has 6 nitrogen and oxygen atoms in total. The second-order valence-corrected chi connectivity index (χ2v) is 24.6. The van der Waals surface area contributed by atoms with Gasteiger partial charge in [-0.05, 0) is 177 Å². The highest BCUT2D eigenvalue weighted by Crippen LogP contribution is 2.51. The summed E-state index contributed by atoms with van der Waals surface area (Å²) in [5.74, 6) is 0. The minimum absolute atomic E-state index is 0.402. The Morgan fingerprint density at radius 3 is 0.633 bits per heavy atom. The van der Waals surface area contributed by atoms with Gasteiger partial charge in [-0.15, -0.1) is 0 Å². The molecule has 0 saturated heterocycles. The van der Waals surface area contributed by atoms with E-state index in [1.807, 2.05) is 48.5 Å². The average Bonchev–Trinajstić information content (AvgIpc) is 1.46. The number of nitrogens with zero attached hydrogens (tertiary/aromatic N) is 6. The van der Waals surface area contributed by atoms with Gasteiger partial charge in [0, 0.05) is 66.8 Å². The second-order valence-electron chi connectivity index (χ2n) is 24.6. The Kier molecular flexibility index (Phi) is 14.9. The molecule has 0 aliphatic heterocycles. The molecular weight excluding hydrogens is 1190 g/mol. The molecule has 17 rings (SSSR count). The summed E-state index contributed by atoms with van der Waals surface area (Å²) in [5.41, 5.74) is 22.7. The fraction of sp³-hybridized carbons (Fsp3) is 0. The summed E-state index contributed by atoms with van der Waals surface area (Å²) in [5, 5.41) is 29.9. The van der Waals surface area contributed by atoms with Crippen molar-refractivity contribution in [2.45, 2.75) is 0 Å². The normalized spacial score (nSPS) is 11.2. The van der Waals surface area contributed by atoms with Crippen LogP contribution in [0.5, 0.6) is 0 Å². The van der Waals surface area contributed by atoms with Crippen molar-refractivity contribution in [3.63, 3.8) is 0 Å². The van der Waals surface area contributed by atoms with Crippen molar-refractivity contribution >= 4 is 77.7 Å². The predicted octanol–water partition coefficient (Wildman–Crippen LogP) is 24.6. The van der Waals surface area contributed by atoms with Crippen LogP contribution in [0.4, 0.5) is 34.1 Å². The molecule has 2 aromatic heterocycles. The van der Waals surface area contributed by atoms with E-state index in [1.54, 1.807) is 0 Å². The lowest BCUT2D eigenvalue weighted by molar-refractivity contribution is 1.13. The van der Waals surface area contributed by atoms with Crippen LogP contribution in [0.3, 0.4) is 0 Å². The Morgan fingerprint density at radius 1 is 0.204 bits per heavy atom. The van der Waals surface area contributed by atoms with E-state index in [-0.39, 0.29) is 0 Å². The number of fused-ring (bicyclic) bond motifs is 6. The monoisotopic (exact) mass is 1250 g/mol. The summed E-state index contributed by atoms with van der Waals surface area (Å²) < 4.78 is 4.55. The van der Waals surface area contributed by atoms with Gasteiger partial charge in [0.15, 0.2) is 0 Å². The maximum absolute atomic E-state index is 12.9. The number of aromatic nitrogens is 2. The molecule has 458 valence electrons. The minimum atomic E-state index is 0.402. The fourth-order valence-electron chi connectivity index (χ4n) is 14.5. The van der Waals surface area contributed by atoms with E-state index in [9.17, 15) is 10.5 Å². The van der Waals surface area contributed by atoms with Crippen molar-refractivity contribution in [3.05, 3.63) is 375 Å². The lowest BCUT2D eigenvalue weighted by atomic mass is 9.86. The predicted molar refractivity (Wildman–Crippen MR) is 407 cm³/mol. The van der Waals surface area contributed by atoms with Crippen molar-refractivity contribution in [2.75, 3.05) is 9.80 Å². The highest BCUT2D eigenvalue weighted by molar-refractivity contribution is 6.16. The van der Waals surface area contributed by atoms with E-state index in [2.05, 4.69) is 347 Å². The van der Waals surface area contributed by atoms with Gasteiger partial charge in [0.1, 0.15) is 12.1 Å². The zero-order valence-electron chi connectivity index (χ0n) is 53.3. The van der Waals surface area contributed by atoms with Crippen LogP contribution in [0.2, 0.25) is 0 Å². The zero-order valence-corrected chi connectivity index (χ0v) is 53.3. The lowest BCUT2D eigenvalue weighted by Crippen LogP contribution is -2.12. The first-order chi connectivity index (χ1) is 48.6. The van der Waals surface area contributed by atoms with Crippen molar-refractivity contribution in [1.82, 2.24) is 9.13 Å². The fourth-order valence-corrected chi connectivity index (χ4v) is 14.5. The summed E-state index contributed by atoms with van der Waals surface area (Å²) >= 11 is 0. The molecular formula is C92H60N6. The summed E-state index contributed by atoms with van der Waals surface area (Å²) in [6.07, 6.45) is 0. The first kappa shape index (κ1) is 58.3. The maximum atomic E-state index is 12.9. The van der Waals surface area contributed by atoms with Crippen LogP contribution in [0.1, 0.15) is 11.1 Å². The molecule has 0 aliphatic rings. The summed E-state index contributed by atoms with van der Waals surface area (Å²) in [7, 11) is 0. The highest BCUT2D eigenvalue weighted by Gasteiger charge is 2.33. The van der Waals surface area contributed by atoms with E-state index in [4.69, 9.17) is 0 Å². The third-order valence-corrected chi connectivity index (χ3v) is 19.0. The lowest BCUT2D eigenvalue weighted by Gasteiger charge is -2.27. The number of nitriles is 2. The molecule has 0 saturated carbocycles. The van der Waals surface area contributed by atoms with Crippen LogP contribution in [0.15, 0.2) is 364 Å². The Bertz CT molecular complexity index is 5240. The number of rotatable bonds is 14. The standard InChI is InChI=1S/C92H60N6/c93-61-83-90(68-43-51-78(52-44-68)96(75-37-21-7-22-38-75)76-39-23-8-24-40-76)92(98-87-55-47-71(65-29-13-3-14-30-65)59-81(87)82-60-72(48-56-88(82)98)66-31-15-4-16-32-66)84(62-94)89(67-41-49-77(50-42-67)95(73-33-17-5-18-34-73)74-35-19-6-20-36-74)91(83)97-85-53-45-69(63-25-9-1-10-26-63)57-79(85)80-58-70(46-54-86(80)97)64-27-11-2-12-28-64/h1-60H. The molecule has 0 aliphatic carbocycles. The summed E-state index contributed by atoms with van der Waals surface area (Å²) in [4.78, 5) is 4.50. The van der Waals surface area contributed by atoms with Crippen LogP contribution in [-0.4, -0.2) is 9.13 Å². The maximum Gasteiger partial charge on any atom is 0.102 e. The molecule has 0 bridgehead atoms. The van der Waals surface area contributed by atoms with Crippen molar-refractivity contribution in [2.24, 2.45) is 0 Å². The topological polar surface area (TPSA) is 63.9 Å². The molecule has 0 amide bonds. The van der Waals surface area contributed by atoms with Crippen LogP contribution < -0.4 is 9.80 Å². The third kappa shape index (κ3) is 10.3. The molecule has 0 radical (unpaired) electrons. The van der Waals surface area contributed by atoms with Crippen LogP contribution in [0.25, 0.3) is 122 Å². The Balaban J connectivity index is 1.02. The molecule has 0 N–H and O–H groups in total. The number of hydrogen-bond acceptors (Lipinski definition) is 4. The second kappa shape index (κ2) is 25.1. The quantitative estimate of drug-likeness (QED) is 0.109.